The molecule has 0 aromatic heterocycles. The summed E-state index contributed by atoms with van der Waals surface area (Å²) in [6.45, 7) is 1.71. The van der Waals surface area contributed by atoms with Crippen LogP contribution < -0.4 is 5.73 Å². The molecule has 11 heavy (non-hydrogen) atoms. The van der Waals surface area contributed by atoms with Gasteiger partial charge >= 0.3 is 6.09 Å². The summed E-state index contributed by atoms with van der Waals surface area (Å²) < 4.78 is 4.66. The number of primary amides is 1. The molecule has 1 rings (SSSR count). The molecule has 62 valence electrons. The van der Waals surface area contributed by atoms with Crippen LogP contribution in [0, 0.1) is 0 Å². The summed E-state index contributed by atoms with van der Waals surface area (Å²) in [4.78, 5) is 22.8. The molecule has 2 N–H and O–H groups in total. The largest absolute Gasteiger partial charge is 0.434 e. The number of rotatable bonds is 1. The number of hydrogen-bond donors (Lipinski definition) is 1. The van der Waals surface area contributed by atoms with E-state index in [1.807, 2.05) is 0 Å². The highest BCUT2D eigenvalue weighted by Crippen LogP contribution is 2.16. The summed E-state index contributed by atoms with van der Waals surface area (Å²) in [6, 6.07) is -0.264. The molecule has 0 saturated carbocycles. The van der Waals surface area contributed by atoms with Crippen molar-refractivity contribution in [2.24, 2.45) is 5.73 Å². The molecule has 0 aliphatic carbocycles. The van der Waals surface area contributed by atoms with Crippen LogP contribution in [-0.4, -0.2) is 36.1 Å². The standard InChI is InChI=1S/C6H10N2O3/c1-3-4(5(7)9)11-6(10)8(3)2/h3-4H,1-2H3,(H2,7,9). The Balaban J connectivity index is 2.74. The number of cyclic esters (lactones) is 1. The molecule has 1 aliphatic heterocycles. The first-order valence-corrected chi connectivity index (χ1v) is 3.27. The first-order chi connectivity index (χ1) is 5.04. The molecule has 5 nitrogen and oxygen atoms in total. The van der Waals surface area contributed by atoms with Crippen molar-refractivity contribution in [2.75, 3.05) is 7.05 Å². The lowest BCUT2D eigenvalue weighted by atomic mass is 10.2. The summed E-state index contributed by atoms with van der Waals surface area (Å²) in [6.07, 6.45) is -1.30. The Morgan fingerprint density at radius 2 is 2.27 bits per heavy atom. The molecule has 0 spiro atoms. The molecule has 2 unspecified atom stereocenters. The maximum atomic E-state index is 10.8. The van der Waals surface area contributed by atoms with Gasteiger partial charge in [0.2, 0.25) is 6.10 Å². The fraction of sp³-hybridized carbons (Fsp3) is 0.667. The quantitative estimate of drug-likeness (QED) is 0.549. The number of carbonyl (C=O) groups excluding carboxylic acids is 2. The van der Waals surface area contributed by atoms with Crippen LogP contribution in [0.3, 0.4) is 0 Å². The number of hydrogen-bond acceptors (Lipinski definition) is 3. The third-order valence-corrected chi connectivity index (χ3v) is 1.85. The number of nitrogens with two attached hydrogens (primary N) is 1. The second-order valence-electron chi connectivity index (χ2n) is 2.56. The zero-order chi connectivity index (χ0) is 8.59. The fourth-order valence-electron chi connectivity index (χ4n) is 0.955. The normalized spacial score (nSPS) is 30.4. The van der Waals surface area contributed by atoms with Gasteiger partial charge < -0.3 is 15.4 Å². The van der Waals surface area contributed by atoms with Crippen LogP contribution in [0.1, 0.15) is 6.92 Å². The van der Waals surface area contributed by atoms with E-state index in [9.17, 15) is 9.59 Å². The zero-order valence-electron chi connectivity index (χ0n) is 6.40. The van der Waals surface area contributed by atoms with Crippen molar-refractivity contribution < 1.29 is 14.3 Å². The first kappa shape index (κ1) is 7.84. The van der Waals surface area contributed by atoms with E-state index in [0.717, 1.165) is 0 Å². The average Bonchev–Trinajstić information content (AvgIpc) is 2.17. The molecule has 1 saturated heterocycles. The minimum absolute atomic E-state index is 0.264. The van der Waals surface area contributed by atoms with Crippen molar-refractivity contribution in [3.05, 3.63) is 0 Å². The maximum absolute atomic E-state index is 10.8. The van der Waals surface area contributed by atoms with Crippen LogP contribution in [-0.2, 0) is 9.53 Å². The number of ether oxygens (including phenoxy) is 1. The molecule has 0 aromatic rings. The van der Waals surface area contributed by atoms with Crippen molar-refractivity contribution in [3.63, 3.8) is 0 Å². The van der Waals surface area contributed by atoms with Crippen LogP contribution >= 0.6 is 0 Å². The summed E-state index contributed by atoms with van der Waals surface area (Å²) in [5.74, 6) is -0.602. The zero-order valence-corrected chi connectivity index (χ0v) is 6.40. The summed E-state index contributed by atoms with van der Waals surface area (Å²) in [7, 11) is 1.57. The number of amides is 2. The molecule has 2 amide bonds. The molecule has 0 radical (unpaired) electrons. The van der Waals surface area contributed by atoms with Crippen LogP contribution in [0.4, 0.5) is 4.79 Å². The van der Waals surface area contributed by atoms with E-state index in [1.54, 1.807) is 14.0 Å². The Kier molecular flexibility index (Phi) is 1.72. The van der Waals surface area contributed by atoms with Gasteiger partial charge in [0.1, 0.15) is 0 Å². The highest BCUT2D eigenvalue weighted by Gasteiger charge is 2.39. The Hall–Kier alpha value is -1.26. The summed E-state index contributed by atoms with van der Waals surface area (Å²) in [5, 5.41) is 0. The van der Waals surface area contributed by atoms with Gasteiger partial charge in [0.15, 0.2) is 0 Å². The predicted octanol–water partition coefficient (Wildman–Crippen LogP) is -0.689. The van der Waals surface area contributed by atoms with Crippen molar-refractivity contribution >= 4 is 12.0 Å². The Bertz CT molecular complexity index is 204. The minimum Gasteiger partial charge on any atom is -0.434 e. The molecule has 1 fully saturated rings. The van der Waals surface area contributed by atoms with Gasteiger partial charge in [-0.15, -0.1) is 0 Å². The van der Waals surface area contributed by atoms with Gasteiger partial charge in [-0.3, -0.25) is 4.79 Å². The Morgan fingerprint density at radius 3 is 2.45 bits per heavy atom. The summed E-state index contributed by atoms with van der Waals surface area (Å²) in [5.41, 5.74) is 4.97. The SMILES string of the molecule is CC1C(C(N)=O)OC(=O)N1C. The highest BCUT2D eigenvalue weighted by atomic mass is 16.6. The second-order valence-corrected chi connectivity index (χ2v) is 2.56. The fourth-order valence-corrected chi connectivity index (χ4v) is 0.955. The van der Waals surface area contributed by atoms with E-state index in [-0.39, 0.29) is 6.04 Å². The van der Waals surface area contributed by atoms with Crippen molar-refractivity contribution in [2.45, 2.75) is 19.1 Å². The molecule has 1 heterocycles. The van der Waals surface area contributed by atoms with E-state index < -0.39 is 18.1 Å². The molecular weight excluding hydrogens is 148 g/mol. The van der Waals surface area contributed by atoms with E-state index >= 15 is 0 Å². The van der Waals surface area contributed by atoms with Crippen molar-refractivity contribution in [1.82, 2.24) is 4.90 Å². The lowest BCUT2D eigenvalue weighted by Crippen LogP contribution is -2.38. The summed E-state index contributed by atoms with van der Waals surface area (Å²) >= 11 is 0. The maximum Gasteiger partial charge on any atom is 0.410 e. The molecule has 1 aliphatic rings. The Morgan fingerprint density at radius 1 is 1.73 bits per heavy atom. The van der Waals surface area contributed by atoms with E-state index in [4.69, 9.17) is 5.73 Å². The molecule has 2 atom stereocenters. The first-order valence-electron chi connectivity index (χ1n) is 3.27. The third kappa shape index (κ3) is 1.13. The lowest BCUT2D eigenvalue weighted by Gasteiger charge is -2.12. The van der Waals surface area contributed by atoms with Crippen molar-refractivity contribution in [1.29, 1.82) is 0 Å². The molecular formula is C6H10N2O3. The molecule has 0 bridgehead atoms. The monoisotopic (exact) mass is 158 g/mol. The van der Waals surface area contributed by atoms with Gasteiger partial charge in [0, 0.05) is 7.05 Å². The van der Waals surface area contributed by atoms with Crippen LogP contribution in [0.25, 0.3) is 0 Å². The van der Waals surface area contributed by atoms with Crippen LogP contribution in [0.2, 0.25) is 0 Å². The van der Waals surface area contributed by atoms with Crippen LogP contribution in [0.5, 0.6) is 0 Å². The van der Waals surface area contributed by atoms with Gasteiger partial charge in [0.25, 0.3) is 5.91 Å². The average molecular weight is 158 g/mol. The number of likely N-dealkylation sites (N-methyl/N-ethyl adjacent to an activating group) is 1. The molecule has 5 heteroatoms. The predicted molar refractivity (Wildman–Crippen MR) is 36.7 cm³/mol. The topological polar surface area (TPSA) is 72.6 Å². The van der Waals surface area contributed by atoms with Gasteiger partial charge in [-0.05, 0) is 6.92 Å². The van der Waals surface area contributed by atoms with E-state index in [1.165, 1.54) is 4.90 Å². The van der Waals surface area contributed by atoms with E-state index in [2.05, 4.69) is 4.74 Å². The van der Waals surface area contributed by atoms with Gasteiger partial charge in [-0.1, -0.05) is 0 Å². The Labute approximate surface area is 64.1 Å². The second kappa shape index (κ2) is 2.41. The highest BCUT2D eigenvalue weighted by molar-refractivity contribution is 5.85. The number of carbonyl (C=O) groups is 2. The third-order valence-electron chi connectivity index (χ3n) is 1.85. The molecule has 0 aromatic carbocycles. The minimum atomic E-state index is -0.799. The van der Waals surface area contributed by atoms with Gasteiger partial charge in [0.05, 0.1) is 6.04 Å². The van der Waals surface area contributed by atoms with Crippen LogP contribution in [0.15, 0.2) is 0 Å². The lowest BCUT2D eigenvalue weighted by molar-refractivity contribution is -0.125. The van der Waals surface area contributed by atoms with Gasteiger partial charge in [-0.2, -0.15) is 0 Å². The van der Waals surface area contributed by atoms with Gasteiger partial charge in [-0.25, -0.2) is 4.79 Å². The smallest absolute Gasteiger partial charge is 0.410 e. The van der Waals surface area contributed by atoms with Crippen molar-refractivity contribution in [3.8, 4) is 0 Å². The number of nitrogens with zero attached hydrogens (tertiary/aromatic N) is 1. The van der Waals surface area contributed by atoms with E-state index in [0.29, 0.717) is 0 Å².